The molecule has 0 saturated heterocycles. The molecule has 4 heteroatoms. The summed E-state index contributed by atoms with van der Waals surface area (Å²) in [6.07, 6.45) is 0. The molecule has 0 bridgehead atoms. The van der Waals surface area contributed by atoms with Gasteiger partial charge in [0, 0.05) is 11.8 Å². The van der Waals surface area contributed by atoms with E-state index in [2.05, 4.69) is 19.1 Å². The first-order valence-corrected chi connectivity index (χ1v) is 6.77. The topological polar surface area (TPSA) is 78.3 Å². The van der Waals surface area contributed by atoms with E-state index in [0.717, 1.165) is 16.7 Å². The molecule has 4 nitrogen and oxygen atoms in total. The summed E-state index contributed by atoms with van der Waals surface area (Å²) >= 11 is 0. The van der Waals surface area contributed by atoms with Crippen LogP contribution in [0.15, 0.2) is 30.3 Å². The van der Waals surface area contributed by atoms with E-state index < -0.39 is 5.91 Å². The number of rotatable bonds is 4. The standard InChI is InChI=1S/C17H20N2O2/c1-10-6-11(2)15(12(3)7-10)9-21-16-8-13(18)4-5-14(16)17(19)20/h4-8H,9,18H2,1-3H3,(H2,19,20). The Morgan fingerprint density at radius 2 is 1.71 bits per heavy atom. The second kappa shape index (κ2) is 5.87. The molecule has 2 aromatic rings. The number of aryl methyl sites for hydroxylation is 3. The van der Waals surface area contributed by atoms with Crippen LogP contribution in [0, 0.1) is 20.8 Å². The van der Waals surface area contributed by atoms with Crippen molar-refractivity contribution in [3.63, 3.8) is 0 Å². The van der Waals surface area contributed by atoms with E-state index in [1.54, 1.807) is 18.2 Å². The molecule has 0 radical (unpaired) electrons. The zero-order chi connectivity index (χ0) is 15.6. The Balaban J connectivity index is 2.28. The van der Waals surface area contributed by atoms with Gasteiger partial charge < -0.3 is 16.2 Å². The zero-order valence-electron chi connectivity index (χ0n) is 12.6. The lowest BCUT2D eigenvalue weighted by Gasteiger charge is -2.14. The van der Waals surface area contributed by atoms with Gasteiger partial charge in [-0.1, -0.05) is 17.7 Å². The number of benzene rings is 2. The maximum Gasteiger partial charge on any atom is 0.252 e. The summed E-state index contributed by atoms with van der Waals surface area (Å²) in [7, 11) is 0. The fourth-order valence-corrected chi connectivity index (χ4v) is 2.45. The quantitative estimate of drug-likeness (QED) is 0.847. The van der Waals surface area contributed by atoms with Crippen molar-refractivity contribution in [1.82, 2.24) is 0 Å². The van der Waals surface area contributed by atoms with Gasteiger partial charge in [-0.05, 0) is 49.6 Å². The Labute approximate surface area is 124 Å². The fourth-order valence-electron chi connectivity index (χ4n) is 2.45. The molecule has 0 aliphatic rings. The number of carbonyl (C=O) groups excluding carboxylic acids is 1. The number of nitrogens with two attached hydrogens (primary N) is 2. The van der Waals surface area contributed by atoms with Crippen LogP contribution in [0.1, 0.15) is 32.6 Å². The maximum absolute atomic E-state index is 11.4. The average Bonchev–Trinajstić information content (AvgIpc) is 2.37. The van der Waals surface area contributed by atoms with Crippen molar-refractivity contribution in [3.05, 3.63) is 58.1 Å². The van der Waals surface area contributed by atoms with Crippen molar-refractivity contribution in [2.24, 2.45) is 5.73 Å². The van der Waals surface area contributed by atoms with Gasteiger partial charge in [0.25, 0.3) is 5.91 Å². The molecule has 0 atom stereocenters. The molecule has 0 heterocycles. The Morgan fingerprint density at radius 3 is 2.29 bits per heavy atom. The summed E-state index contributed by atoms with van der Waals surface area (Å²) in [6.45, 7) is 6.54. The summed E-state index contributed by atoms with van der Waals surface area (Å²) < 4.78 is 5.79. The molecule has 110 valence electrons. The van der Waals surface area contributed by atoms with Crippen LogP contribution in [0.5, 0.6) is 5.75 Å². The van der Waals surface area contributed by atoms with E-state index in [9.17, 15) is 4.79 Å². The molecule has 21 heavy (non-hydrogen) atoms. The minimum absolute atomic E-state index is 0.339. The Hall–Kier alpha value is -2.49. The third-order valence-electron chi connectivity index (χ3n) is 3.48. The number of ether oxygens (including phenoxy) is 1. The number of carbonyl (C=O) groups is 1. The molecule has 0 aliphatic heterocycles. The van der Waals surface area contributed by atoms with E-state index in [4.69, 9.17) is 16.2 Å². The molecular formula is C17H20N2O2. The first-order chi connectivity index (χ1) is 9.88. The molecule has 4 N–H and O–H groups in total. The lowest BCUT2D eigenvalue weighted by atomic mass is 10.0. The van der Waals surface area contributed by atoms with Crippen LogP contribution in [0.2, 0.25) is 0 Å². The van der Waals surface area contributed by atoms with Crippen molar-refractivity contribution in [1.29, 1.82) is 0 Å². The summed E-state index contributed by atoms with van der Waals surface area (Å²) in [5, 5.41) is 0. The molecule has 2 rings (SSSR count). The van der Waals surface area contributed by atoms with Gasteiger partial charge in [0.05, 0.1) is 5.56 Å². The highest BCUT2D eigenvalue weighted by molar-refractivity contribution is 5.96. The van der Waals surface area contributed by atoms with Crippen LogP contribution in [0.4, 0.5) is 5.69 Å². The van der Waals surface area contributed by atoms with Gasteiger partial charge in [-0.3, -0.25) is 4.79 Å². The predicted molar refractivity (Wildman–Crippen MR) is 84.4 cm³/mol. The van der Waals surface area contributed by atoms with Crippen molar-refractivity contribution in [2.75, 3.05) is 5.73 Å². The van der Waals surface area contributed by atoms with Gasteiger partial charge in [0.15, 0.2) is 0 Å². The lowest BCUT2D eigenvalue weighted by Crippen LogP contribution is -2.13. The van der Waals surface area contributed by atoms with Crippen molar-refractivity contribution in [2.45, 2.75) is 27.4 Å². The Morgan fingerprint density at radius 1 is 1.10 bits per heavy atom. The van der Waals surface area contributed by atoms with Gasteiger partial charge in [0.2, 0.25) is 0 Å². The Kier molecular flexibility index (Phi) is 4.17. The molecule has 0 unspecified atom stereocenters. The van der Waals surface area contributed by atoms with E-state index in [-0.39, 0.29) is 0 Å². The third kappa shape index (κ3) is 3.34. The van der Waals surface area contributed by atoms with Gasteiger partial charge in [-0.2, -0.15) is 0 Å². The summed E-state index contributed by atoms with van der Waals surface area (Å²) in [4.78, 5) is 11.4. The molecule has 0 fully saturated rings. The van der Waals surface area contributed by atoms with E-state index in [0.29, 0.717) is 23.6 Å². The Bertz CT molecular complexity index is 670. The van der Waals surface area contributed by atoms with E-state index in [1.165, 1.54) is 5.56 Å². The highest BCUT2D eigenvalue weighted by Crippen LogP contribution is 2.24. The molecular weight excluding hydrogens is 264 g/mol. The van der Waals surface area contributed by atoms with E-state index >= 15 is 0 Å². The molecule has 0 aromatic heterocycles. The van der Waals surface area contributed by atoms with Crippen LogP contribution in [-0.2, 0) is 6.61 Å². The molecule has 2 aromatic carbocycles. The average molecular weight is 284 g/mol. The van der Waals surface area contributed by atoms with Crippen LogP contribution >= 0.6 is 0 Å². The highest BCUT2D eigenvalue weighted by Gasteiger charge is 2.11. The summed E-state index contributed by atoms with van der Waals surface area (Å²) in [5.74, 6) is -0.107. The van der Waals surface area contributed by atoms with Gasteiger partial charge >= 0.3 is 0 Å². The maximum atomic E-state index is 11.4. The summed E-state index contributed by atoms with van der Waals surface area (Å²) in [5.41, 5.74) is 16.6. The van der Waals surface area contributed by atoms with Crippen molar-refractivity contribution < 1.29 is 9.53 Å². The number of primary amides is 1. The second-order valence-corrected chi connectivity index (χ2v) is 5.29. The number of hydrogen-bond donors (Lipinski definition) is 2. The smallest absolute Gasteiger partial charge is 0.252 e. The number of anilines is 1. The molecule has 0 saturated carbocycles. The lowest BCUT2D eigenvalue weighted by molar-refractivity contribution is 0.0996. The van der Waals surface area contributed by atoms with Crippen LogP contribution < -0.4 is 16.2 Å². The number of nitrogen functional groups attached to an aromatic ring is 1. The molecule has 0 spiro atoms. The van der Waals surface area contributed by atoms with Crippen LogP contribution in [0.25, 0.3) is 0 Å². The van der Waals surface area contributed by atoms with Gasteiger partial charge in [-0.15, -0.1) is 0 Å². The number of hydrogen-bond acceptors (Lipinski definition) is 3. The number of amides is 1. The van der Waals surface area contributed by atoms with Gasteiger partial charge in [0.1, 0.15) is 12.4 Å². The van der Waals surface area contributed by atoms with Gasteiger partial charge in [-0.25, -0.2) is 0 Å². The highest BCUT2D eigenvalue weighted by atomic mass is 16.5. The summed E-state index contributed by atoms with van der Waals surface area (Å²) in [6, 6.07) is 9.07. The zero-order valence-corrected chi connectivity index (χ0v) is 12.6. The largest absolute Gasteiger partial charge is 0.488 e. The molecule has 0 aliphatic carbocycles. The second-order valence-electron chi connectivity index (χ2n) is 5.29. The third-order valence-corrected chi connectivity index (χ3v) is 3.48. The normalized spacial score (nSPS) is 10.4. The first kappa shape index (κ1) is 14.9. The monoisotopic (exact) mass is 284 g/mol. The van der Waals surface area contributed by atoms with Crippen LogP contribution in [-0.4, -0.2) is 5.91 Å². The SMILES string of the molecule is Cc1cc(C)c(COc2cc(N)ccc2C(N)=O)c(C)c1. The van der Waals surface area contributed by atoms with Crippen molar-refractivity contribution >= 4 is 11.6 Å². The van der Waals surface area contributed by atoms with Crippen molar-refractivity contribution in [3.8, 4) is 5.75 Å². The minimum Gasteiger partial charge on any atom is -0.488 e. The fraction of sp³-hybridized carbons (Fsp3) is 0.235. The predicted octanol–water partition coefficient (Wildman–Crippen LogP) is 2.87. The van der Waals surface area contributed by atoms with E-state index in [1.807, 2.05) is 13.8 Å². The van der Waals surface area contributed by atoms with Crippen LogP contribution in [0.3, 0.4) is 0 Å². The molecule has 1 amide bonds. The minimum atomic E-state index is -0.526. The first-order valence-electron chi connectivity index (χ1n) is 6.77.